The Kier molecular flexibility index (Phi) is 3.72. The Balaban J connectivity index is 1.42. The number of hydrazone groups is 1. The van der Waals surface area contributed by atoms with Crippen LogP contribution in [0.25, 0.3) is 0 Å². The molecule has 29 heavy (non-hydrogen) atoms. The molecule has 144 valence electrons. The van der Waals surface area contributed by atoms with Crippen molar-refractivity contribution in [3.05, 3.63) is 89.5 Å². The number of nitrogens with zero attached hydrogens (tertiary/aromatic N) is 2. The third-order valence-corrected chi connectivity index (χ3v) is 5.66. The van der Waals surface area contributed by atoms with Crippen molar-refractivity contribution in [3.63, 3.8) is 0 Å². The Bertz CT molecular complexity index is 1100. The molecule has 0 aromatic heterocycles. The van der Waals surface area contributed by atoms with E-state index < -0.39 is 0 Å². The summed E-state index contributed by atoms with van der Waals surface area (Å²) in [5.74, 6) is 2.52. The Labute approximate surface area is 169 Å². The summed E-state index contributed by atoms with van der Waals surface area (Å²) in [7, 11) is 0. The van der Waals surface area contributed by atoms with E-state index in [1.807, 2.05) is 42.5 Å². The van der Waals surface area contributed by atoms with E-state index in [0.29, 0.717) is 13.2 Å². The molecule has 5 heteroatoms. The second kappa shape index (κ2) is 6.55. The number of ether oxygens (including phenoxy) is 3. The van der Waals surface area contributed by atoms with Crippen molar-refractivity contribution in [2.75, 3.05) is 13.2 Å². The molecule has 0 saturated carbocycles. The summed E-state index contributed by atoms with van der Waals surface area (Å²) < 4.78 is 17.8. The van der Waals surface area contributed by atoms with Gasteiger partial charge >= 0.3 is 0 Å². The molecule has 0 amide bonds. The quantitative estimate of drug-likeness (QED) is 0.642. The lowest BCUT2D eigenvalue weighted by Gasteiger charge is -2.38. The predicted molar refractivity (Wildman–Crippen MR) is 109 cm³/mol. The van der Waals surface area contributed by atoms with Crippen LogP contribution < -0.4 is 14.2 Å². The molecule has 3 aromatic carbocycles. The third-order valence-electron chi connectivity index (χ3n) is 5.66. The first-order valence-electron chi connectivity index (χ1n) is 9.93. The van der Waals surface area contributed by atoms with Crippen molar-refractivity contribution in [2.45, 2.75) is 18.7 Å². The molecule has 3 aliphatic heterocycles. The highest BCUT2D eigenvalue weighted by Gasteiger charge is 2.40. The fraction of sp³-hybridized carbons (Fsp3) is 0.208. The molecule has 2 atom stereocenters. The summed E-state index contributed by atoms with van der Waals surface area (Å²) >= 11 is 0. The van der Waals surface area contributed by atoms with E-state index in [9.17, 15) is 0 Å². The average Bonchev–Trinajstić information content (AvgIpc) is 3.25. The Morgan fingerprint density at radius 2 is 1.59 bits per heavy atom. The van der Waals surface area contributed by atoms with Gasteiger partial charge in [0.05, 0.1) is 11.8 Å². The second-order valence-electron chi connectivity index (χ2n) is 7.42. The largest absolute Gasteiger partial charge is 0.486 e. The number of fused-ring (bicyclic) bond motifs is 4. The highest BCUT2D eigenvalue weighted by molar-refractivity contribution is 6.02. The predicted octanol–water partition coefficient (Wildman–Crippen LogP) is 4.70. The van der Waals surface area contributed by atoms with Gasteiger partial charge in [-0.05, 0) is 24.3 Å². The van der Waals surface area contributed by atoms with Crippen LogP contribution in [0.5, 0.6) is 17.2 Å². The summed E-state index contributed by atoms with van der Waals surface area (Å²) in [4.78, 5) is 0. The number of benzene rings is 3. The van der Waals surface area contributed by atoms with E-state index in [1.54, 1.807) is 0 Å². The van der Waals surface area contributed by atoms with E-state index in [-0.39, 0.29) is 12.3 Å². The van der Waals surface area contributed by atoms with Gasteiger partial charge in [0, 0.05) is 23.1 Å². The molecule has 3 aromatic rings. The summed E-state index contributed by atoms with van der Waals surface area (Å²) in [5.41, 5.74) is 4.37. The summed E-state index contributed by atoms with van der Waals surface area (Å²) in [6.07, 6.45) is 0.578. The van der Waals surface area contributed by atoms with Gasteiger partial charge in [-0.25, -0.2) is 5.01 Å². The van der Waals surface area contributed by atoms with Crippen molar-refractivity contribution in [2.24, 2.45) is 5.10 Å². The van der Waals surface area contributed by atoms with Crippen LogP contribution in [-0.4, -0.2) is 23.9 Å². The number of hydrogen-bond acceptors (Lipinski definition) is 5. The molecule has 0 aliphatic carbocycles. The fourth-order valence-corrected chi connectivity index (χ4v) is 4.27. The fourth-order valence-electron chi connectivity index (χ4n) is 4.27. The summed E-state index contributed by atoms with van der Waals surface area (Å²) in [5, 5.41) is 7.12. The van der Waals surface area contributed by atoms with Crippen LogP contribution in [0.3, 0.4) is 0 Å². The lowest BCUT2D eigenvalue weighted by atomic mass is 9.96. The van der Waals surface area contributed by atoms with Crippen LogP contribution in [0.2, 0.25) is 0 Å². The molecule has 0 bridgehead atoms. The Hall–Kier alpha value is -3.47. The maximum atomic E-state index is 6.38. The molecule has 0 saturated heterocycles. The van der Waals surface area contributed by atoms with Crippen LogP contribution in [0.4, 0.5) is 0 Å². The standard InChI is InChI=1S/C24H20N2O3/c1-2-6-16(7-3-1)24-26-20(18-8-4-5-9-21(18)29-24)15-19(25-26)17-10-11-22-23(14-17)28-13-12-27-22/h1-11,14,20,24H,12-13,15H2/t20-,24+/m1/s1. The smallest absolute Gasteiger partial charge is 0.213 e. The van der Waals surface area contributed by atoms with E-state index in [0.717, 1.165) is 40.5 Å². The van der Waals surface area contributed by atoms with Crippen molar-refractivity contribution in [1.29, 1.82) is 0 Å². The molecule has 0 radical (unpaired) electrons. The van der Waals surface area contributed by atoms with E-state index in [1.165, 1.54) is 5.56 Å². The van der Waals surface area contributed by atoms with Crippen LogP contribution in [0, 0.1) is 0 Å². The first-order valence-corrected chi connectivity index (χ1v) is 9.93. The van der Waals surface area contributed by atoms with Crippen molar-refractivity contribution in [3.8, 4) is 17.2 Å². The van der Waals surface area contributed by atoms with Gasteiger partial charge in [-0.3, -0.25) is 0 Å². The summed E-state index contributed by atoms with van der Waals surface area (Å²) in [6, 6.07) is 24.8. The highest BCUT2D eigenvalue weighted by Crippen LogP contribution is 2.47. The monoisotopic (exact) mass is 384 g/mol. The summed E-state index contributed by atoms with van der Waals surface area (Å²) in [6.45, 7) is 1.17. The molecular weight excluding hydrogens is 364 g/mol. The van der Waals surface area contributed by atoms with Crippen molar-refractivity contribution >= 4 is 5.71 Å². The molecule has 3 heterocycles. The molecule has 0 spiro atoms. The highest BCUT2D eigenvalue weighted by atomic mass is 16.6. The van der Waals surface area contributed by atoms with Crippen LogP contribution in [0.15, 0.2) is 77.9 Å². The number of rotatable bonds is 2. The van der Waals surface area contributed by atoms with Gasteiger partial charge in [0.15, 0.2) is 11.5 Å². The van der Waals surface area contributed by atoms with Gasteiger partial charge in [-0.15, -0.1) is 0 Å². The zero-order valence-electron chi connectivity index (χ0n) is 15.8. The maximum Gasteiger partial charge on any atom is 0.213 e. The van der Waals surface area contributed by atoms with Gasteiger partial charge < -0.3 is 14.2 Å². The minimum absolute atomic E-state index is 0.147. The molecule has 3 aliphatic rings. The third kappa shape index (κ3) is 2.73. The lowest BCUT2D eigenvalue weighted by molar-refractivity contribution is -0.0190. The van der Waals surface area contributed by atoms with Gasteiger partial charge in [0.2, 0.25) is 6.23 Å². The van der Waals surface area contributed by atoms with Crippen molar-refractivity contribution in [1.82, 2.24) is 5.01 Å². The van der Waals surface area contributed by atoms with E-state index in [2.05, 4.69) is 35.3 Å². The van der Waals surface area contributed by atoms with Gasteiger partial charge in [-0.2, -0.15) is 5.10 Å². The number of para-hydroxylation sites is 1. The average molecular weight is 384 g/mol. The second-order valence-corrected chi connectivity index (χ2v) is 7.42. The molecule has 5 nitrogen and oxygen atoms in total. The first-order chi connectivity index (χ1) is 14.4. The topological polar surface area (TPSA) is 43.3 Å². The lowest BCUT2D eigenvalue weighted by Crippen LogP contribution is -2.33. The Morgan fingerprint density at radius 1 is 0.793 bits per heavy atom. The van der Waals surface area contributed by atoms with Gasteiger partial charge in [0.1, 0.15) is 19.0 Å². The number of hydrogen-bond donors (Lipinski definition) is 0. The normalized spacial score (nSPS) is 21.7. The molecule has 0 fully saturated rings. The zero-order valence-corrected chi connectivity index (χ0v) is 15.8. The Morgan fingerprint density at radius 3 is 2.48 bits per heavy atom. The zero-order chi connectivity index (χ0) is 19.2. The molecular formula is C24H20N2O3. The molecule has 0 N–H and O–H groups in total. The molecule has 0 unspecified atom stereocenters. The van der Waals surface area contributed by atoms with Crippen LogP contribution in [-0.2, 0) is 0 Å². The van der Waals surface area contributed by atoms with E-state index >= 15 is 0 Å². The SMILES string of the molecule is c1ccc([C@@H]2Oc3ccccc3[C@H]3CC(c4ccc5c(c4)OCCO5)=NN32)cc1. The maximum absolute atomic E-state index is 6.38. The van der Waals surface area contributed by atoms with Gasteiger partial charge in [0.25, 0.3) is 0 Å². The first kappa shape index (κ1) is 16.5. The minimum Gasteiger partial charge on any atom is -0.486 e. The van der Waals surface area contributed by atoms with Crippen molar-refractivity contribution < 1.29 is 14.2 Å². The van der Waals surface area contributed by atoms with Crippen LogP contribution in [0.1, 0.15) is 35.4 Å². The van der Waals surface area contributed by atoms with Gasteiger partial charge in [-0.1, -0.05) is 48.5 Å². The minimum atomic E-state index is -0.245. The van der Waals surface area contributed by atoms with Crippen LogP contribution >= 0.6 is 0 Å². The molecule has 6 rings (SSSR count). The van der Waals surface area contributed by atoms with E-state index in [4.69, 9.17) is 19.3 Å².